The van der Waals surface area contributed by atoms with E-state index in [9.17, 15) is 0 Å². The molecular weight excluding hydrogens is 271 g/mol. The van der Waals surface area contributed by atoms with Crippen molar-refractivity contribution >= 4 is 40.3 Å². The second-order valence-corrected chi connectivity index (χ2v) is 4.96. The smallest absolute Gasteiger partial charge is 0.153 e. The van der Waals surface area contributed by atoms with Crippen molar-refractivity contribution < 1.29 is 4.74 Å². The van der Waals surface area contributed by atoms with Crippen molar-refractivity contribution in [2.45, 2.75) is 0 Å². The minimum absolute atomic E-state index is 0.501. The second-order valence-electron chi connectivity index (χ2n) is 4.11. The van der Waals surface area contributed by atoms with Gasteiger partial charge in [0, 0.05) is 18.1 Å². The fourth-order valence-electron chi connectivity index (χ4n) is 1.99. The minimum Gasteiger partial charge on any atom is -0.453 e. The summed E-state index contributed by atoms with van der Waals surface area (Å²) in [5.41, 5.74) is 8.05. The Balaban J connectivity index is 2.19. The average molecular weight is 281 g/mol. The molecule has 2 aromatic rings. The van der Waals surface area contributed by atoms with Crippen molar-refractivity contribution in [2.24, 2.45) is 0 Å². The molecule has 0 radical (unpaired) electrons. The molecule has 0 fully saturated rings. The Morgan fingerprint density at radius 2 is 1.78 bits per heavy atom. The van der Waals surface area contributed by atoms with Crippen LogP contribution in [0.15, 0.2) is 30.3 Å². The molecule has 0 saturated heterocycles. The van der Waals surface area contributed by atoms with Gasteiger partial charge in [-0.05, 0) is 24.3 Å². The number of halogens is 2. The summed E-state index contributed by atoms with van der Waals surface area (Å²) in [4.78, 5) is 1.98. The molecule has 1 aliphatic rings. The molecule has 0 spiro atoms. The molecule has 5 heteroatoms. The monoisotopic (exact) mass is 280 g/mol. The quantitative estimate of drug-likeness (QED) is 0.725. The van der Waals surface area contributed by atoms with Gasteiger partial charge < -0.3 is 15.4 Å². The first kappa shape index (κ1) is 11.5. The van der Waals surface area contributed by atoms with Crippen LogP contribution in [-0.4, -0.2) is 7.05 Å². The van der Waals surface area contributed by atoms with Crippen LogP contribution in [0.4, 0.5) is 17.1 Å². The predicted molar refractivity (Wildman–Crippen MR) is 75.5 cm³/mol. The van der Waals surface area contributed by atoms with E-state index in [-0.39, 0.29) is 0 Å². The van der Waals surface area contributed by atoms with E-state index in [0.717, 1.165) is 17.1 Å². The lowest BCUT2D eigenvalue weighted by atomic mass is 10.1. The van der Waals surface area contributed by atoms with Crippen LogP contribution >= 0.6 is 23.2 Å². The average Bonchev–Trinajstić information content (AvgIpc) is 2.33. The molecule has 2 N–H and O–H groups in total. The molecule has 1 aliphatic heterocycles. The molecule has 1 heterocycles. The molecule has 3 rings (SSSR count). The number of nitrogens with zero attached hydrogens (tertiary/aromatic N) is 1. The Labute approximate surface area is 115 Å². The maximum Gasteiger partial charge on any atom is 0.153 e. The second kappa shape index (κ2) is 3.97. The Bertz CT molecular complexity index is 643. The third-order valence-corrected chi connectivity index (χ3v) is 3.50. The molecule has 18 heavy (non-hydrogen) atoms. The Morgan fingerprint density at radius 3 is 2.56 bits per heavy atom. The van der Waals surface area contributed by atoms with Crippen molar-refractivity contribution in [2.75, 3.05) is 17.7 Å². The van der Waals surface area contributed by atoms with Gasteiger partial charge in [0.25, 0.3) is 0 Å². The van der Waals surface area contributed by atoms with Gasteiger partial charge in [-0.2, -0.15) is 0 Å². The van der Waals surface area contributed by atoms with Crippen molar-refractivity contribution in [3.8, 4) is 11.5 Å². The van der Waals surface area contributed by atoms with Crippen molar-refractivity contribution in [1.82, 2.24) is 0 Å². The summed E-state index contributed by atoms with van der Waals surface area (Å²) < 4.78 is 5.80. The summed E-state index contributed by atoms with van der Waals surface area (Å²) in [5.74, 6) is 1.44. The molecule has 3 nitrogen and oxygen atoms in total. The number of fused-ring (bicyclic) bond motifs is 2. The van der Waals surface area contributed by atoms with Gasteiger partial charge in [0.1, 0.15) is 0 Å². The Hall–Kier alpha value is -1.58. The van der Waals surface area contributed by atoms with Crippen LogP contribution in [0.1, 0.15) is 0 Å². The van der Waals surface area contributed by atoms with E-state index in [1.165, 1.54) is 0 Å². The van der Waals surface area contributed by atoms with Crippen LogP contribution in [-0.2, 0) is 0 Å². The van der Waals surface area contributed by atoms with Crippen LogP contribution in [0.25, 0.3) is 0 Å². The summed E-state index contributed by atoms with van der Waals surface area (Å²) in [7, 11) is 1.93. The molecule has 0 atom stereocenters. The highest BCUT2D eigenvalue weighted by Crippen LogP contribution is 2.48. The zero-order valence-electron chi connectivity index (χ0n) is 9.58. The number of rotatable bonds is 0. The molecule has 2 aromatic carbocycles. The standard InChI is InChI=1S/C13H10Cl2N2O/c1-17-10-4-7(14)2-3-12(10)18-13-6-9(16)8(15)5-11(13)17/h2-6H,16H2,1H3. The summed E-state index contributed by atoms with van der Waals surface area (Å²) in [6, 6.07) is 8.99. The highest BCUT2D eigenvalue weighted by molar-refractivity contribution is 6.33. The van der Waals surface area contributed by atoms with Gasteiger partial charge in [0.05, 0.1) is 22.1 Å². The SMILES string of the molecule is CN1c2cc(Cl)ccc2Oc2cc(N)c(Cl)cc21. The van der Waals surface area contributed by atoms with E-state index in [2.05, 4.69) is 0 Å². The maximum absolute atomic E-state index is 6.04. The highest BCUT2D eigenvalue weighted by Gasteiger charge is 2.23. The fourth-order valence-corrected chi connectivity index (χ4v) is 2.31. The molecule has 0 amide bonds. The zero-order valence-corrected chi connectivity index (χ0v) is 11.1. The number of hydrogen-bond donors (Lipinski definition) is 1. The summed E-state index contributed by atoms with van der Waals surface area (Å²) in [5, 5.41) is 1.17. The summed E-state index contributed by atoms with van der Waals surface area (Å²) in [6.07, 6.45) is 0. The van der Waals surface area contributed by atoms with Crippen molar-refractivity contribution in [1.29, 1.82) is 0 Å². The summed E-state index contributed by atoms with van der Waals surface area (Å²) in [6.45, 7) is 0. The molecular formula is C13H10Cl2N2O. The zero-order chi connectivity index (χ0) is 12.9. The van der Waals surface area contributed by atoms with Gasteiger partial charge in [-0.15, -0.1) is 0 Å². The third-order valence-electron chi connectivity index (χ3n) is 2.94. The van der Waals surface area contributed by atoms with E-state index in [0.29, 0.717) is 21.5 Å². The number of nitrogens with two attached hydrogens (primary N) is 1. The lowest BCUT2D eigenvalue weighted by Crippen LogP contribution is -2.15. The number of anilines is 3. The Morgan fingerprint density at radius 1 is 1.06 bits per heavy atom. The normalized spacial score (nSPS) is 12.7. The first-order valence-corrected chi connectivity index (χ1v) is 6.12. The number of ether oxygens (including phenoxy) is 1. The largest absolute Gasteiger partial charge is 0.453 e. The van der Waals surface area contributed by atoms with Gasteiger partial charge in [-0.25, -0.2) is 0 Å². The van der Waals surface area contributed by atoms with Gasteiger partial charge in [-0.3, -0.25) is 0 Å². The maximum atomic E-state index is 6.04. The van der Waals surface area contributed by atoms with Crippen molar-refractivity contribution in [3.05, 3.63) is 40.4 Å². The number of benzene rings is 2. The van der Waals surface area contributed by atoms with E-state index in [1.54, 1.807) is 18.2 Å². The lowest BCUT2D eigenvalue weighted by molar-refractivity contribution is 0.476. The topological polar surface area (TPSA) is 38.5 Å². The first-order valence-electron chi connectivity index (χ1n) is 5.36. The Kier molecular flexibility index (Phi) is 2.54. The summed E-state index contributed by atoms with van der Waals surface area (Å²) >= 11 is 12.0. The molecule has 0 aromatic heterocycles. The molecule has 0 aliphatic carbocycles. The van der Waals surface area contributed by atoms with Crippen molar-refractivity contribution in [3.63, 3.8) is 0 Å². The van der Waals surface area contributed by atoms with E-state index >= 15 is 0 Å². The van der Waals surface area contributed by atoms with Crippen LogP contribution < -0.4 is 15.4 Å². The molecule has 0 saturated carbocycles. The first-order chi connectivity index (χ1) is 8.56. The van der Waals surface area contributed by atoms with E-state index in [4.69, 9.17) is 33.7 Å². The molecule has 0 bridgehead atoms. The van der Waals surface area contributed by atoms with Crippen LogP contribution in [0.5, 0.6) is 11.5 Å². The minimum atomic E-state index is 0.501. The van der Waals surface area contributed by atoms with Crippen LogP contribution in [0.3, 0.4) is 0 Å². The number of hydrogen-bond acceptors (Lipinski definition) is 3. The van der Waals surface area contributed by atoms with Gasteiger partial charge in [-0.1, -0.05) is 23.2 Å². The van der Waals surface area contributed by atoms with Crippen LogP contribution in [0.2, 0.25) is 10.0 Å². The highest BCUT2D eigenvalue weighted by atomic mass is 35.5. The lowest BCUT2D eigenvalue weighted by Gasteiger charge is -2.30. The fraction of sp³-hybridized carbons (Fsp3) is 0.0769. The van der Waals surface area contributed by atoms with Gasteiger partial charge in [0.15, 0.2) is 11.5 Å². The van der Waals surface area contributed by atoms with Gasteiger partial charge >= 0.3 is 0 Å². The van der Waals surface area contributed by atoms with E-state index < -0.39 is 0 Å². The molecule has 92 valence electrons. The predicted octanol–water partition coefficient (Wildman–Crippen LogP) is 4.45. The number of nitrogen functional groups attached to an aromatic ring is 1. The third kappa shape index (κ3) is 1.67. The van der Waals surface area contributed by atoms with Gasteiger partial charge in [0.2, 0.25) is 0 Å². The van der Waals surface area contributed by atoms with Crippen LogP contribution in [0, 0.1) is 0 Å². The van der Waals surface area contributed by atoms with E-state index in [1.807, 2.05) is 24.1 Å². The molecule has 0 unspecified atom stereocenters.